The summed E-state index contributed by atoms with van der Waals surface area (Å²) in [6, 6.07) is 0. The molecule has 0 aliphatic carbocycles. The number of ether oxygens (including phenoxy) is 3. The van der Waals surface area contributed by atoms with Crippen LogP contribution in [0.4, 0.5) is 0 Å². The fourth-order valence-corrected chi connectivity index (χ4v) is 2.72. The van der Waals surface area contributed by atoms with Gasteiger partial charge in [0.1, 0.15) is 6.61 Å². The number of aliphatic hydroxyl groups excluding tert-OH is 1. The van der Waals surface area contributed by atoms with E-state index in [9.17, 15) is 4.79 Å². The zero-order chi connectivity index (χ0) is 16.5. The van der Waals surface area contributed by atoms with Crippen LogP contribution >= 0.6 is 0 Å². The van der Waals surface area contributed by atoms with Crippen LogP contribution < -0.4 is 0 Å². The summed E-state index contributed by atoms with van der Waals surface area (Å²) < 4.78 is 16.5. The molecule has 0 saturated carbocycles. The molecule has 5 heteroatoms. The molecule has 0 bridgehead atoms. The van der Waals surface area contributed by atoms with E-state index in [1.165, 1.54) is 6.08 Å². The van der Waals surface area contributed by atoms with Crippen LogP contribution in [0.2, 0.25) is 0 Å². The standard InChI is InChI=1S/C17H28O5/c1-5-10-21-16(19)15-11-14(12(3)4)13(8-7-9-18)17(22-15)20-6-2/h5,11-14,17-18H,1,6-10H2,2-4H3/t13-,14+,17+/m0/s1. The third kappa shape index (κ3) is 5.14. The number of allylic oxidation sites excluding steroid dienone is 1. The highest BCUT2D eigenvalue weighted by Crippen LogP contribution is 2.37. The van der Waals surface area contributed by atoms with Gasteiger partial charge in [0, 0.05) is 19.1 Å². The van der Waals surface area contributed by atoms with Crippen molar-refractivity contribution in [3.8, 4) is 0 Å². The summed E-state index contributed by atoms with van der Waals surface area (Å²) >= 11 is 0. The van der Waals surface area contributed by atoms with Gasteiger partial charge in [-0.2, -0.15) is 0 Å². The quantitative estimate of drug-likeness (QED) is 0.524. The molecule has 0 spiro atoms. The first-order valence-corrected chi connectivity index (χ1v) is 7.94. The molecule has 0 aromatic rings. The van der Waals surface area contributed by atoms with E-state index in [1.54, 1.807) is 0 Å². The summed E-state index contributed by atoms with van der Waals surface area (Å²) in [6.45, 7) is 10.4. The second-order valence-electron chi connectivity index (χ2n) is 5.71. The topological polar surface area (TPSA) is 65.0 Å². The fraction of sp³-hybridized carbons (Fsp3) is 0.706. The van der Waals surface area contributed by atoms with Gasteiger partial charge in [-0.15, -0.1) is 0 Å². The van der Waals surface area contributed by atoms with Gasteiger partial charge < -0.3 is 19.3 Å². The minimum atomic E-state index is -0.490. The smallest absolute Gasteiger partial charge is 0.373 e. The van der Waals surface area contributed by atoms with Crippen molar-refractivity contribution in [2.75, 3.05) is 19.8 Å². The largest absolute Gasteiger partial charge is 0.457 e. The lowest BCUT2D eigenvalue weighted by molar-refractivity contribution is -0.182. The molecule has 1 aliphatic rings. The molecule has 1 aliphatic heterocycles. The fourth-order valence-electron chi connectivity index (χ4n) is 2.72. The summed E-state index contributed by atoms with van der Waals surface area (Å²) in [5.74, 6) is 0.305. The van der Waals surface area contributed by atoms with Crippen LogP contribution in [0, 0.1) is 17.8 Å². The lowest BCUT2D eigenvalue weighted by atomic mass is 9.78. The highest BCUT2D eigenvalue weighted by Gasteiger charge is 2.38. The van der Waals surface area contributed by atoms with Gasteiger partial charge >= 0.3 is 5.97 Å². The van der Waals surface area contributed by atoms with Gasteiger partial charge in [-0.05, 0) is 37.7 Å². The van der Waals surface area contributed by atoms with E-state index in [2.05, 4.69) is 20.4 Å². The first kappa shape index (κ1) is 18.7. The highest BCUT2D eigenvalue weighted by atomic mass is 16.7. The number of esters is 1. The molecule has 0 radical (unpaired) electrons. The molecule has 5 nitrogen and oxygen atoms in total. The maximum Gasteiger partial charge on any atom is 0.373 e. The van der Waals surface area contributed by atoms with Gasteiger partial charge in [0.25, 0.3) is 0 Å². The molecule has 0 unspecified atom stereocenters. The molecule has 1 N–H and O–H groups in total. The lowest BCUT2D eigenvalue weighted by Gasteiger charge is -2.38. The summed E-state index contributed by atoms with van der Waals surface area (Å²) in [4.78, 5) is 12.0. The third-order valence-corrected chi connectivity index (χ3v) is 3.76. The molecule has 1 heterocycles. The molecule has 0 aromatic heterocycles. The van der Waals surface area contributed by atoms with Crippen molar-refractivity contribution in [3.05, 3.63) is 24.5 Å². The average Bonchev–Trinajstić information content (AvgIpc) is 2.50. The van der Waals surface area contributed by atoms with Gasteiger partial charge in [-0.1, -0.05) is 26.5 Å². The van der Waals surface area contributed by atoms with Crippen LogP contribution in [0.5, 0.6) is 0 Å². The Morgan fingerprint density at radius 3 is 2.82 bits per heavy atom. The highest BCUT2D eigenvalue weighted by molar-refractivity contribution is 5.86. The van der Waals surface area contributed by atoms with Crippen LogP contribution in [0.15, 0.2) is 24.5 Å². The normalized spacial score (nSPS) is 24.6. The first-order chi connectivity index (χ1) is 10.5. The zero-order valence-corrected chi connectivity index (χ0v) is 13.8. The maximum atomic E-state index is 12.0. The molecule has 22 heavy (non-hydrogen) atoms. The van der Waals surface area contributed by atoms with Crippen LogP contribution in [0.1, 0.15) is 33.6 Å². The van der Waals surface area contributed by atoms with E-state index in [1.807, 2.05) is 13.0 Å². The molecular weight excluding hydrogens is 284 g/mol. The summed E-state index contributed by atoms with van der Waals surface area (Å²) in [7, 11) is 0. The Bertz CT molecular complexity index is 389. The molecule has 0 aromatic carbocycles. The van der Waals surface area contributed by atoms with Crippen LogP contribution in [-0.4, -0.2) is 37.2 Å². The molecular formula is C17H28O5. The summed E-state index contributed by atoms with van der Waals surface area (Å²) in [6.07, 6.45) is 4.35. The van der Waals surface area contributed by atoms with Crippen molar-refractivity contribution in [2.45, 2.75) is 39.9 Å². The van der Waals surface area contributed by atoms with E-state index in [-0.39, 0.29) is 30.8 Å². The van der Waals surface area contributed by atoms with E-state index in [4.69, 9.17) is 19.3 Å². The molecule has 0 saturated heterocycles. The summed E-state index contributed by atoms with van der Waals surface area (Å²) in [5.41, 5.74) is 0. The lowest BCUT2D eigenvalue weighted by Crippen LogP contribution is -2.39. The number of carbonyl (C=O) groups is 1. The minimum absolute atomic E-state index is 0.114. The first-order valence-electron chi connectivity index (χ1n) is 7.94. The number of aliphatic hydroxyl groups is 1. The number of rotatable bonds is 9. The van der Waals surface area contributed by atoms with Gasteiger partial charge in [-0.3, -0.25) is 0 Å². The minimum Gasteiger partial charge on any atom is -0.457 e. The Labute approximate surface area is 132 Å². The van der Waals surface area contributed by atoms with Crippen LogP contribution in [0.25, 0.3) is 0 Å². The van der Waals surface area contributed by atoms with Crippen LogP contribution in [-0.2, 0) is 19.0 Å². The third-order valence-electron chi connectivity index (χ3n) is 3.76. The van der Waals surface area contributed by atoms with Crippen molar-refractivity contribution in [2.24, 2.45) is 17.8 Å². The predicted octanol–water partition coefficient (Wildman–Crippen LogP) is 2.65. The Hall–Kier alpha value is -1.33. The van der Waals surface area contributed by atoms with Gasteiger partial charge in [0.15, 0.2) is 0 Å². The Kier molecular flexibility index (Phi) is 8.20. The van der Waals surface area contributed by atoms with E-state index >= 15 is 0 Å². The molecule has 0 amide bonds. The summed E-state index contributed by atoms with van der Waals surface area (Å²) in [5, 5.41) is 9.09. The van der Waals surface area contributed by atoms with Crippen molar-refractivity contribution in [1.82, 2.24) is 0 Å². The second-order valence-corrected chi connectivity index (χ2v) is 5.71. The van der Waals surface area contributed by atoms with Crippen molar-refractivity contribution < 1.29 is 24.1 Å². The van der Waals surface area contributed by atoms with Gasteiger partial charge in [-0.25, -0.2) is 4.79 Å². The van der Waals surface area contributed by atoms with E-state index < -0.39 is 12.3 Å². The zero-order valence-electron chi connectivity index (χ0n) is 13.8. The number of carbonyl (C=O) groups excluding carboxylic acids is 1. The van der Waals surface area contributed by atoms with Crippen LogP contribution in [0.3, 0.4) is 0 Å². The van der Waals surface area contributed by atoms with Crippen molar-refractivity contribution >= 4 is 5.97 Å². The molecule has 3 atom stereocenters. The maximum absolute atomic E-state index is 12.0. The van der Waals surface area contributed by atoms with Crippen molar-refractivity contribution in [3.63, 3.8) is 0 Å². The monoisotopic (exact) mass is 312 g/mol. The van der Waals surface area contributed by atoms with E-state index in [0.717, 1.165) is 6.42 Å². The van der Waals surface area contributed by atoms with Crippen molar-refractivity contribution in [1.29, 1.82) is 0 Å². The molecule has 1 rings (SSSR count). The Morgan fingerprint density at radius 1 is 1.55 bits per heavy atom. The number of hydrogen-bond acceptors (Lipinski definition) is 5. The number of hydrogen-bond donors (Lipinski definition) is 1. The molecule has 0 fully saturated rings. The SMILES string of the molecule is C=CCOC(=O)C1=C[C@H](C(C)C)[C@H](CCCO)[C@H](OCC)O1. The predicted molar refractivity (Wildman–Crippen MR) is 83.9 cm³/mol. The average molecular weight is 312 g/mol. The molecule has 126 valence electrons. The van der Waals surface area contributed by atoms with Gasteiger partial charge in [0.2, 0.25) is 12.0 Å². The second kappa shape index (κ2) is 9.64. The van der Waals surface area contributed by atoms with Gasteiger partial charge in [0.05, 0.1) is 0 Å². The van der Waals surface area contributed by atoms with E-state index in [0.29, 0.717) is 18.9 Å². The Balaban J connectivity index is 2.95. The Morgan fingerprint density at radius 2 is 2.27 bits per heavy atom.